The summed E-state index contributed by atoms with van der Waals surface area (Å²) in [6.07, 6.45) is 0. The highest BCUT2D eigenvalue weighted by Gasteiger charge is 2.22. The molecule has 0 atom stereocenters. The Morgan fingerprint density at radius 2 is 0.478 bits per heavy atom. The number of rotatable bonds is 18. The second-order valence-corrected chi connectivity index (χ2v) is 21.7. The molecule has 0 aliphatic rings. The van der Waals surface area contributed by atoms with Gasteiger partial charge in [-0.1, -0.05) is 115 Å². The van der Waals surface area contributed by atoms with Gasteiger partial charge in [-0.05, 0) is 146 Å². The number of methoxy groups -OCH3 is 12. The summed E-state index contributed by atoms with van der Waals surface area (Å²) in [5, 5.41) is 0. The van der Waals surface area contributed by atoms with Crippen LogP contribution in [-0.4, -0.2) is 99.4 Å². The Labute approximate surface area is 558 Å². The summed E-state index contributed by atoms with van der Waals surface area (Å²) in [5.41, 5.74) is 16.1. The van der Waals surface area contributed by atoms with Crippen molar-refractivity contribution in [3.63, 3.8) is 0 Å². The standard InChI is InChI=1S/C17H21NO2.C17H20O4.2C15H16O2.C14H13IO2/c1-12-15(19-4)10-11-16(20-5)17(12)13-8-6-7-9-14(13)18(2)3;1-11-12(18-2)9-10-15(21-5)16(11)17-13(19-3)7-6-8-14(17)20-4;2*1-11-13(16-2)9-10-14(17-3)15(11)12-7-5-4-6-8-12;1-16-11-8-9-12(17-2)14(15)13(11)10-6-4-3-5-7-10/h6-11H,1-5H3;6-10H,1-5H3;2*4-10H,1-3H3;3-9H,1-2H3. The van der Waals surface area contributed by atoms with E-state index in [4.69, 9.17) is 56.8 Å². The fraction of sp³-hybridized carbons (Fsp3) is 0.231. The fourth-order valence-electron chi connectivity index (χ4n) is 10.7. The minimum Gasteiger partial charge on any atom is -0.496 e. The van der Waals surface area contributed by atoms with Gasteiger partial charge in [0.25, 0.3) is 0 Å². The molecule has 482 valence electrons. The largest absolute Gasteiger partial charge is 0.496 e. The average molecular weight is 1360 g/mol. The van der Waals surface area contributed by atoms with Crippen LogP contribution in [0.25, 0.3) is 55.6 Å². The Bertz CT molecular complexity index is 3700. The molecule has 0 amide bonds. The first-order valence-electron chi connectivity index (χ1n) is 29.5. The van der Waals surface area contributed by atoms with Crippen molar-refractivity contribution in [2.75, 3.05) is 104 Å². The van der Waals surface area contributed by atoms with E-state index in [-0.39, 0.29) is 0 Å². The highest BCUT2D eigenvalue weighted by molar-refractivity contribution is 14.1. The summed E-state index contributed by atoms with van der Waals surface area (Å²) >= 11 is 2.29. The van der Waals surface area contributed by atoms with Crippen molar-refractivity contribution in [1.29, 1.82) is 0 Å². The van der Waals surface area contributed by atoms with Gasteiger partial charge in [0.15, 0.2) is 0 Å². The molecule has 0 aliphatic carbocycles. The Morgan fingerprint density at radius 3 is 0.826 bits per heavy atom. The molecule has 0 fully saturated rings. The van der Waals surface area contributed by atoms with Crippen molar-refractivity contribution in [2.45, 2.75) is 27.7 Å². The number of benzene rings is 10. The Hall–Kier alpha value is -9.67. The van der Waals surface area contributed by atoms with Gasteiger partial charge in [0.05, 0.1) is 94.5 Å². The van der Waals surface area contributed by atoms with E-state index in [1.165, 1.54) is 0 Å². The van der Waals surface area contributed by atoms with Crippen LogP contribution in [0.1, 0.15) is 22.3 Å². The predicted octanol–water partition coefficient (Wildman–Crippen LogP) is 18.8. The number of nitrogens with zero attached hydrogens (tertiary/aromatic N) is 1. The quantitative estimate of drug-likeness (QED) is 0.0760. The van der Waals surface area contributed by atoms with Gasteiger partial charge in [0.2, 0.25) is 0 Å². The smallest absolute Gasteiger partial charge is 0.133 e. The monoisotopic (exact) mass is 1360 g/mol. The van der Waals surface area contributed by atoms with Crippen LogP contribution in [0, 0.1) is 31.3 Å². The summed E-state index contributed by atoms with van der Waals surface area (Å²) in [5.74, 6) is 9.94. The number of ether oxygens (including phenoxy) is 12. The fourth-order valence-corrected chi connectivity index (χ4v) is 11.7. The van der Waals surface area contributed by atoms with Gasteiger partial charge < -0.3 is 61.7 Å². The number of anilines is 1. The zero-order valence-corrected chi connectivity index (χ0v) is 58.4. The molecule has 0 aromatic heterocycles. The first-order valence-corrected chi connectivity index (χ1v) is 30.6. The van der Waals surface area contributed by atoms with E-state index >= 15 is 0 Å². The summed E-state index contributed by atoms with van der Waals surface area (Å²) in [7, 11) is 24.2. The topological polar surface area (TPSA) is 114 Å². The van der Waals surface area contributed by atoms with Crippen molar-refractivity contribution >= 4 is 28.3 Å². The van der Waals surface area contributed by atoms with Gasteiger partial charge in [-0.15, -0.1) is 0 Å². The van der Waals surface area contributed by atoms with Crippen LogP contribution in [0.4, 0.5) is 5.69 Å². The third-order valence-electron chi connectivity index (χ3n) is 15.3. The Morgan fingerprint density at radius 1 is 0.228 bits per heavy atom. The third kappa shape index (κ3) is 17.0. The molecule has 0 unspecified atom stereocenters. The lowest BCUT2D eigenvalue weighted by Crippen LogP contribution is -2.10. The van der Waals surface area contributed by atoms with Crippen LogP contribution >= 0.6 is 22.6 Å². The SMILES string of the molecule is COc1ccc(OC)c(-c2c(OC)cccc2OC)c1C.COc1ccc(OC)c(-c2ccccc2)c1C.COc1ccc(OC)c(-c2ccccc2)c1C.COc1ccc(OC)c(-c2ccccc2)c1I.COc1ccc(OC)c(-c2ccccc2N(C)C)c1C. The maximum atomic E-state index is 5.54. The lowest BCUT2D eigenvalue weighted by molar-refractivity contribution is 0.391. The van der Waals surface area contributed by atoms with Gasteiger partial charge in [0, 0.05) is 75.4 Å². The van der Waals surface area contributed by atoms with E-state index < -0.39 is 0 Å². The Kier molecular flexibility index (Phi) is 27.7. The summed E-state index contributed by atoms with van der Waals surface area (Å²) < 4.78 is 66.3. The molecule has 0 radical (unpaired) electrons. The Balaban J connectivity index is 0.000000183. The van der Waals surface area contributed by atoms with E-state index in [1.54, 1.807) is 85.3 Å². The molecule has 0 N–H and O–H groups in total. The van der Waals surface area contributed by atoms with E-state index in [9.17, 15) is 0 Å². The lowest BCUT2D eigenvalue weighted by atomic mass is 9.96. The van der Waals surface area contributed by atoms with Crippen LogP contribution < -0.4 is 61.7 Å². The van der Waals surface area contributed by atoms with E-state index in [2.05, 4.69) is 82.9 Å². The van der Waals surface area contributed by atoms with Gasteiger partial charge in [0.1, 0.15) is 69.0 Å². The zero-order valence-electron chi connectivity index (χ0n) is 56.2. The first-order chi connectivity index (χ1) is 44.6. The molecule has 0 saturated heterocycles. The summed E-state index contributed by atoms with van der Waals surface area (Å²) in [6.45, 7) is 8.14. The predicted molar refractivity (Wildman–Crippen MR) is 384 cm³/mol. The molecule has 0 aliphatic heterocycles. The zero-order chi connectivity index (χ0) is 66.9. The van der Waals surface area contributed by atoms with Crippen LogP contribution in [0.2, 0.25) is 0 Å². The molecule has 0 spiro atoms. The minimum atomic E-state index is 0.726. The molecule has 10 rings (SSSR count). The van der Waals surface area contributed by atoms with Crippen molar-refractivity contribution in [2.24, 2.45) is 0 Å². The van der Waals surface area contributed by atoms with Crippen molar-refractivity contribution in [3.05, 3.63) is 220 Å². The maximum Gasteiger partial charge on any atom is 0.133 e. The van der Waals surface area contributed by atoms with Crippen LogP contribution in [-0.2, 0) is 0 Å². The molecular formula is C78H86INO12. The lowest BCUT2D eigenvalue weighted by Gasteiger charge is -2.21. The number of hydrogen-bond donors (Lipinski definition) is 0. The second-order valence-electron chi connectivity index (χ2n) is 20.6. The van der Waals surface area contributed by atoms with Gasteiger partial charge >= 0.3 is 0 Å². The highest BCUT2D eigenvalue weighted by atomic mass is 127. The van der Waals surface area contributed by atoms with E-state index in [0.29, 0.717) is 0 Å². The van der Waals surface area contributed by atoms with E-state index in [1.807, 2.05) is 180 Å². The van der Waals surface area contributed by atoms with Crippen molar-refractivity contribution in [3.8, 4) is 125 Å². The number of halogens is 1. The molecule has 0 heterocycles. The van der Waals surface area contributed by atoms with Crippen molar-refractivity contribution < 1.29 is 56.8 Å². The minimum absolute atomic E-state index is 0.726. The second kappa shape index (κ2) is 35.7. The molecule has 13 nitrogen and oxygen atoms in total. The van der Waals surface area contributed by atoms with Gasteiger partial charge in [-0.25, -0.2) is 0 Å². The van der Waals surface area contributed by atoms with E-state index in [0.717, 1.165) is 156 Å². The van der Waals surface area contributed by atoms with Crippen LogP contribution in [0.3, 0.4) is 0 Å². The first kappa shape index (κ1) is 71.4. The normalized spacial score (nSPS) is 10.1. The molecule has 10 aromatic carbocycles. The third-order valence-corrected chi connectivity index (χ3v) is 16.4. The molecule has 14 heteroatoms. The van der Waals surface area contributed by atoms with Gasteiger partial charge in [-0.2, -0.15) is 0 Å². The summed E-state index contributed by atoms with van der Waals surface area (Å²) in [6, 6.07) is 63.8. The number of hydrogen-bond acceptors (Lipinski definition) is 13. The molecular weight excluding hydrogens is 1270 g/mol. The maximum absolute atomic E-state index is 5.54. The van der Waals surface area contributed by atoms with Crippen LogP contribution in [0.5, 0.6) is 69.0 Å². The highest BCUT2D eigenvalue weighted by Crippen LogP contribution is 2.48. The van der Waals surface area contributed by atoms with Crippen LogP contribution in [0.15, 0.2) is 194 Å². The molecule has 10 aromatic rings. The average Bonchev–Trinajstić information content (AvgIpc) is 1.54. The van der Waals surface area contributed by atoms with Crippen molar-refractivity contribution in [1.82, 2.24) is 0 Å². The molecule has 0 bridgehead atoms. The van der Waals surface area contributed by atoms with Gasteiger partial charge in [-0.3, -0.25) is 0 Å². The molecule has 92 heavy (non-hydrogen) atoms. The number of para-hydroxylation sites is 1. The molecule has 0 saturated carbocycles. The summed E-state index contributed by atoms with van der Waals surface area (Å²) in [4.78, 5) is 2.10.